The van der Waals surface area contributed by atoms with Gasteiger partial charge in [0.2, 0.25) is 5.78 Å². The number of fused-ring (bicyclic) bond motifs is 2. The second kappa shape index (κ2) is 21.0. The molecule has 7 rings (SSSR count). The average molecular weight is 1020 g/mol. The van der Waals surface area contributed by atoms with Gasteiger partial charge < -0.3 is 47.5 Å². The first kappa shape index (κ1) is 51.5. The molecule has 0 spiro atoms. The van der Waals surface area contributed by atoms with E-state index in [4.69, 9.17) is 48.5 Å². The number of carbonyl (C=O) groups excluding carboxylic acids is 1. The van der Waals surface area contributed by atoms with Crippen LogP contribution in [0.3, 0.4) is 0 Å². The van der Waals surface area contributed by atoms with Crippen LogP contribution < -0.4 is 15.6 Å². The van der Waals surface area contributed by atoms with Gasteiger partial charge in [-0.05, 0) is 59.1 Å². The van der Waals surface area contributed by atoms with Crippen molar-refractivity contribution in [2.45, 2.75) is 121 Å². The minimum Gasteiger partial charge on any atom is -0.484 e. The SMILES string of the molecule is CC(C)(C)c1ccc(OCC(=O)Nc2ccnc3c2nnn3[C@H]2C[C@H](OP(=S)(OCCC#N)OC[C@H]3O[C@@H](n4ccc(=O)n5ccnc45)[C@H](O[PH](=O)O)[C@@H]3O[Si](C)(C)C(C)(C)C)[C@@H](CO)O2)cc1. The molecule has 2 fully saturated rings. The summed E-state index contributed by atoms with van der Waals surface area (Å²) < 4.78 is 66.6. The number of amides is 1. The maximum absolute atomic E-state index is 13.0. The first-order valence-corrected chi connectivity index (χ1v) is 28.5. The number of anilines is 1. The molecule has 5 aromatic rings. The monoisotopic (exact) mass is 1020 g/mol. The Morgan fingerprint density at radius 1 is 1.04 bits per heavy atom. The Balaban J connectivity index is 1.09. The summed E-state index contributed by atoms with van der Waals surface area (Å²) in [5.74, 6) is 0.287. The number of imidazole rings is 1. The molecule has 6 heterocycles. The molecule has 26 heteroatoms. The Kier molecular flexibility index (Phi) is 15.9. The quantitative estimate of drug-likeness (QED) is 0.0520. The lowest BCUT2D eigenvalue weighted by Gasteiger charge is -2.40. The molecule has 4 aromatic heterocycles. The Hall–Kier alpha value is -4.31. The third-order valence-corrected chi connectivity index (χ3v) is 19.3. The molecule has 0 aliphatic carbocycles. The second-order valence-corrected chi connectivity index (χ2v) is 27.3. The predicted molar refractivity (Wildman–Crippen MR) is 253 cm³/mol. The number of hydrogen-bond acceptors (Lipinski definition) is 18. The number of ether oxygens (including phenoxy) is 3. The van der Waals surface area contributed by atoms with Gasteiger partial charge >= 0.3 is 15.0 Å². The number of aliphatic hydroxyl groups excluding tert-OH is 1. The minimum absolute atomic E-state index is 0.0314. The van der Waals surface area contributed by atoms with Gasteiger partial charge in [0.05, 0.1) is 38.0 Å². The van der Waals surface area contributed by atoms with E-state index in [9.17, 15) is 29.4 Å². The van der Waals surface area contributed by atoms with E-state index in [1.165, 1.54) is 44.5 Å². The highest BCUT2D eigenvalue weighted by atomic mass is 32.5. The zero-order chi connectivity index (χ0) is 49.2. The van der Waals surface area contributed by atoms with Crippen LogP contribution in [0, 0.1) is 11.3 Å². The molecule has 2 saturated heterocycles. The number of nitrogens with one attached hydrogen (secondary N) is 1. The number of pyridine rings is 1. The normalized spacial score (nSPS) is 23.7. The summed E-state index contributed by atoms with van der Waals surface area (Å²) in [6, 6.07) is 12.5. The number of benzene rings is 1. The van der Waals surface area contributed by atoms with E-state index >= 15 is 0 Å². The molecular formula is C42H57N9O13P2SSi. The zero-order valence-electron chi connectivity index (χ0n) is 38.9. The molecule has 1 aromatic carbocycles. The van der Waals surface area contributed by atoms with Gasteiger partial charge in [-0.15, -0.1) is 5.10 Å². The fourth-order valence-electron chi connectivity index (χ4n) is 7.40. The molecule has 0 radical (unpaired) electrons. The van der Waals surface area contributed by atoms with Crippen LogP contribution in [0.4, 0.5) is 5.69 Å². The summed E-state index contributed by atoms with van der Waals surface area (Å²) in [6.45, 7) is 11.3. The van der Waals surface area contributed by atoms with Crippen molar-refractivity contribution in [2.24, 2.45) is 0 Å². The molecule has 0 bridgehead atoms. The largest absolute Gasteiger partial charge is 0.484 e. The second-order valence-electron chi connectivity index (χ2n) is 18.8. The molecule has 2 aliphatic rings. The van der Waals surface area contributed by atoms with E-state index in [1.807, 2.05) is 64.2 Å². The number of hydrogen-bond donors (Lipinski definition) is 3. The Bertz CT molecular complexity index is 2760. The van der Waals surface area contributed by atoms with E-state index in [2.05, 4.69) is 46.4 Å². The molecule has 68 heavy (non-hydrogen) atoms. The summed E-state index contributed by atoms with van der Waals surface area (Å²) in [6.07, 6.45) is -1.37. The van der Waals surface area contributed by atoms with Crippen LogP contribution >= 0.6 is 15.0 Å². The summed E-state index contributed by atoms with van der Waals surface area (Å²) in [5.41, 5.74) is 1.61. The summed E-state index contributed by atoms with van der Waals surface area (Å²) in [5, 5.41) is 31.0. The van der Waals surface area contributed by atoms with Crippen molar-refractivity contribution in [1.29, 1.82) is 5.26 Å². The van der Waals surface area contributed by atoms with Crippen molar-refractivity contribution >= 4 is 63.6 Å². The number of nitriles is 1. The summed E-state index contributed by atoms with van der Waals surface area (Å²) in [4.78, 5) is 44.7. The maximum atomic E-state index is 13.0. The van der Waals surface area contributed by atoms with Crippen LogP contribution in [0.25, 0.3) is 16.9 Å². The number of carbonyl (C=O) groups is 1. The van der Waals surface area contributed by atoms with Crippen LogP contribution in [0.5, 0.6) is 5.75 Å². The van der Waals surface area contributed by atoms with Crippen LogP contribution in [-0.2, 0) is 58.6 Å². The lowest BCUT2D eigenvalue weighted by atomic mass is 9.87. The van der Waals surface area contributed by atoms with Crippen LogP contribution in [0.1, 0.15) is 72.4 Å². The van der Waals surface area contributed by atoms with Gasteiger partial charge in [0.1, 0.15) is 36.3 Å². The highest BCUT2D eigenvalue weighted by Gasteiger charge is 2.53. The molecule has 2 unspecified atom stereocenters. The van der Waals surface area contributed by atoms with Gasteiger partial charge in [-0.1, -0.05) is 58.9 Å². The maximum Gasteiger partial charge on any atom is 0.327 e. The van der Waals surface area contributed by atoms with E-state index in [1.54, 1.807) is 6.07 Å². The molecular weight excluding hydrogens is 961 g/mol. The summed E-state index contributed by atoms with van der Waals surface area (Å²) >= 11 is 5.97. The summed E-state index contributed by atoms with van der Waals surface area (Å²) in [7, 11) is -6.29. The predicted octanol–water partition coefficient (Wildman–Crippen LogP) is 5.54. The highest BCUT2D eigenvalue weighted by Crippen LogP contribution is 2.55. The lowest BCUT2D eigenvalue weighted by Crippen LogP contribution is -2.50. The van der Waals surface area contributed by atoms with Crippen molar-refractivity contribution < 1.29 is 56.1 Å². The minimum atomic E-state index is -3.86. The first-order chi connectivity index (χ1) is 32.1. The molecule has 1 amide bonds. The van der Waals surface area contributed by atoms with Crippen LogP contribution in [-0.4, -0.2) is 115 Å². The average Bonchev–Trinajstić information content (AvgIpc) is 4.09. The topological polar surface area (TPSA) is 267 Å². The molecule has 2 aliphatic heterocycles. The van der Waals surface area contributed by atoms with Gasteiger partial charge in [-0.2, -0.15) is 9.94 Å². The van der Waals surface area contributed by atoms with Gasteiger partial charge in [-0.25, -0.2) is 9.97 Å². The molecule has 3 N–H and O–H groups in total. The van der Waals surface area contributed by atoms with Crippen LogP contribution in [0.2, 0.25) is 18.1 Å². The smallest absolute Gasteiger partial charge is 0.327 e. The van der Waals surface area contributed by atoms with Gasteiger partial charge in [0, 0.05) is 37.3 Å². The number of nitrogens with zero attached hydrogens (tertiary/aromatic N) is 8. The Morgan fingerprint density at radius 3 is 2.47 bits per heavy atom. The highest BCUT2D eigenvalue weighted by molar-refractivity contribution is 8.07. The van der Waals surface area contributed by atoms with Crippen molar-refractivity contribution in [3.8, 4) is 11.8 Å². The van der Waals surface area contributed by atoms with Crippen LogP contribution in [0.15, 0.2) is 66.0 Å². The Labute approximate surface area is 399 Å². The number of rotatable bonds is 19. The molecule has 0 saturated carbocycles. The lowest BCUT2D eigenvalue weighted by molar-refractivity contribution is -0.118. The van der Waals surface area contributed by atoms with Crippen molar-refractivity contribution in [3.63, 3.8) is 0 Å². The first-order valence-electron chi connectivity index (χ1n) is 21.8. The fourth-order valence-corrected chi connectivity index (χ4v) is 11.3. The zero-order valence-corrected chi connectivity index (χ0v) is 42.6. The van der Waals surface area contributed by atoms with Gasteiger partial charge in [0.25, 0.3) is 11.5 Å². The Morgan fingerprint density at radius 2 is 1.79 bits per heavy atom. The molecule has 22 nitrogen and oxygen atoms in total. The number of aromatic nitrogens is 7. The third-order valence-electron chi connectivity index (χ3n) is 12.0. The van der Waals surface area contributed by atoms with Crippen molar-refractivity contribution in [2.75, 3.05) is 31.7 Å². The van der Waals surface area contributed by atoms with E-state index < -0.39 is 78.8 Å². The van der Waals surface area contributed by atoms with Crippen molar-refractivity contribution in [1.82, 2.24) is 33.9 Å². The van der Waals surface area contributed by atoms with Gasteiger partial charge in [-0.3, -0.25) is 27.6 Å². The fraction of sp³-hybridized carbons (Fsp3) is 0.548. The molecule has 9 atom stereocenters. The van der Waals surface area contributed by atoms with Gasteiger partial charge in [0.15, 0.2) is 38.5 Å². The number of aliphatic hydroxyl groups is 1. The standard InChI is InChI=1S/C42H57N9O13P2SSi/c1-41(2,3)26-10-12-27(13-11-26)57-25-32(53)46-28-14-17-44-38-35(28)47-48-51(38)34-22-29(30(23-52)60-34)63-66(67,58-21-9-16-43)59-24-31-36(64-68(7,8)42(4,5)6)37(62-65(55)56)39(61-31)50-19-15-33(54)49-20-18-45-40(49)50/h10-15,17-20,29-31,34,36-37,39,52,65H,9,21-25H2,1-8H3,(H,55,56)(H,44,46,53)/t29-,30+,31+,34+,36+,37+,39+,66?/m0/s1. The van der Waals surface area contributed by atoms with E-state index in [0.29, 0.717) is 11.4 Å². The van der Waals surface area contributed by atoms with E-state index in [-0.39, 0.29) is 65.6 Å². The van der Waals surface area contributed by atoms with E-state index in [0.717, 1.165) is 5.56 Å². The molecule has 368 valence electrons. The third kappa shape index (κ3) is 11.6. The van der Waals surface area contributed by atoms with Crippen molar-refractivity contribution in [3.05, 3.63) is 77.1 Å².